The van der Waals surface area contributed by atoms with E-state index in [0.717, 1.165) is 30.1 Å². The van der Waals surface area contributed by atoms with Crippen LogP contribution in [0.15, 0.2) is 29.3 Å². The summed E-state index contributed by atoms with van der Waals surface area (Å²) >= 11 is 0. The largest absolute Gasteiger partial charge is 0.356 e. The predicted octanol–water partition coefficient (Wildman–Crippen LogP) is 2.51. The monoisotopic (exact) mass is 345 g/mol. The zero-order valence-corrected chi connectivity index (χ0v) is 15.7. The van der Waals surface area contributed by atoms with Gasteiger partial charge >= 0.3 is 0 Å². The number of nitrogens with zero attached hydrogens (tertiary/aromatic N) is 3. The van der Waals surface area contributed by atoms with Gasteiger partial charge in [-0.3, -0.25) is 9.67 Å². The van der Waals surface area contributed by atoms with Gasteiger partial charge in [0.25, 0.3) is 0 Å². The maximum atomic E-state index is 13.2. The van der Waals surface area contributed by atoms with Crippen molar-refractivity contribution in [3.63, 3.8) is 0 Å². The van der Waals surface area contributed by atoms with Crippen molar-refractivity contribution in [3.8, 4) is 0 Å². The quantitative estimate of drug-likeness (QED) is 0.625. The Morgan fingerprint density at radius 1 is 1.36 bits per heavy atom. The smallest absolute Gasteiger partial charge is 0.191 e. The minimum Gasteiger partial charge on any atom is -0.356 e. The van der Waals surface area contributed by atoms with Crippen molar-refractivity contribution in [3.05, 3.63) is 52.6 Å². The SMILES string of the molecule is CN=C(NCCc1cccc(F)c1)NC(C)Cc1c(C)nn(C)c1C. The number of aryl methyl sites for hydroxylation is 2. The first-order chi connectivity index (χ1) is 11.9. The zero-order chi connectivity index (χ0) is 18.4. The average molecular weight is 345 g/mol. The summed E-state index contributed by atoms with van der Waals surface area (Å²) in [5, 5.41) is 11.2. The van der Waals surface area contributed by atoms with Gasteiger partial charge in [0.05, 0.1) is 5.69 Å². The molecule has 0 spiro atoms. The fourth-order valence-electron chi connectivity index (χ4n) is 2.92. The van der Waals surface area contributed by atoms with Crippen LogP contribution in [-0.4, -0.2) is 35.4 Å². The molecule has 0 radical (unpaired) electrons. The van der Waals surface area contributed by atoms with E-state index in [0.29, 0.717) is 6.54 Å². The van der Waals surface area contributed by atoms with Crippen LogP contribution in [0.4, 0.5) is 4.39 Å². The van der Waals surface area contributed by atoms with Crippen LogP contribution in [0.2, 0.25) is 0 Å². The lowest BCUT2D eigenvalue weighted by molar-refractivity contribution is 0.623. The van der Waals surface area contributed by atoms with Crippen molar-refractivity contribution < 1.29 is 4.39 Å². The van der Waals surface area contributed by atoms with Crippen molar-refractivity contribution in [1.29, 1.82) is 0 Å². The molecule has 1 unspecified atom stereocenters. The molecule has 1 aromatic carbocycles. The van der Waals surface area contributed by atoms with Crippen LogP contribution in [-0.2, 0) is 19.9 Å². The lowest BCUT2D eigenvalue weighted by Gasteiger charge is -2.18. The van der Waals surface area contributed by atoms with E-state index in [9.17, 15) is 4.39 Å². The molecule has 2 rings (SSSR count). The highest BCUT2D eigenvalue weighted by atomic mass is 19.1. The molecule has 136 valence electrons. The van der Waals surface area contributed by atoms with E-state index in [1.54, 1.807) is 19.2 Å². The topological polar surface area (TPSA) is 54.2 Å². The van der Waals surface area contributed by atoms with E-state index in [-0.39, 0.29) is 11.9 Å². The Kier molecular flexibility index (Phi) is 6.56. The predicted molar refractivity (Wildman–Crippen MR) is 100 cm³/mol. The summed E-state index contributed by atoms with van der Waals surface area (Å²) in [4.78, 5) is 4.27. The normalized spacial score (nSPS) is 13.0. The third kappa shape index (κ3) is 5.31. The summed E-state index contributed by atoms with van der Waals surface area (Å²) in [7, 11) is 3.72. The third-order valence-electron chi connectivity index (χ3n) is 4.37. The van der Waals surface area contributed by atoms with Gasteiger partial charge in [0.2, 0.25) is 0 Å². The third-order valence-corrected chi connectivity index (χ3v) is 4.37. The first-order valence-electron chi connectivity index (χ1n) is 8.61. The van der Waals surface area contributed by atoms with Gasteiger partial charge in [-0.15, -0.1) is 0 Å². The second kappa shape index (κ2) is 8.65. The molecule has 1 aromatic heterocycles. The molecular formula is C19H28FN5. The summed E-state index contributed by atoms with van der Waals surface area (Å²) in [5.41, 5.74) is 4.51. The molecule has 0 aliphatic heterocycles. The molecule has 0 saturated carbocycles. The van der Waals surface area contributed by atoms with Gasteiger partial charge in [-0.25, -0.2) is 4.39 Å². The molecule has 0 aliphatic rings. The van der Waals surface area contributed by atoms with Crippen molar-refractivity contribution in [2.45, 2.75) is 39.7 Å². The summed E-state index contributed by atoms with van der Waals surface area (Å²) in [5.74, 6) is 0.555. The van der Waals surface area contributed by atoms with Gasteiger partial charge in [0, 0.05) is 32.4 Å². The Hall–Kier alpha value is -2.37. The number of benzene rings is 1. The zero-order valence-electron chi connectivity index (χ0n) is 15.7. The van der Waals surface area contributed by atoms with Crippen LogP contribution in [0.5, 0.6) is 0 Å². The number of halogens is 1. The number of guanidine groups is 1. The second-order valence-electron chi connectivity index (χ2n) is 6.40. The Morgan fingerprint density at radius 2 is 2.12 bits per heavy atom. The van der Waals surface area contributed by atoms with Crippen LogP contribution in [0, 0.1) is 19.7 Å². The molecule has 25 heavy (non-hydrogen) atoms. The summed E-state index contributed by atoms with van der Waals surface area (Å²) in [6.45, 7) is 6.96. The average Bonchev–Trinajstić information content (AvgIpc) is 2.80. The first kappa shape index (κ1) is 19.0. The Labute approximate surface area is 149 Å². The van der Waals surface area contributed by atoms with E-state index in [4.69, 9.17) is 0 Å². The molecule has 0 fully saturated rings. The van der Waals surface area contributed by atoms with E-state index in [2.05, 4.69) is 34.6 Å². The highest BCUT2D eigenvalue weighted by molar-refractivity contribution is 5.79. The summed E-state index contributed by atoms with van der Waals surface area (Å²) in [6, 6.07) is 6.91. The van der Waals surface area contributed by atoms with E-state index >= 15 is 0 Å². The van der Waals surface area contributed by atoms with E-state index < -0.39 is 0 Å². The Bertz CT molecular complexity index is 735. The number of hydrogen-bond acceptors (Lipinski definition) is 2. The molecular weight excluding hydrogens is 317 g/mol. The van der Waals surface area contributed by atoms with Crippen LogP contribution >= 0.6 is 0 Å². The van der Waals surface area contributed by atoms with Gasteiger partial charge in [-0.05, 0) is 56.9 Å². The highest BCUT2D eigenvalue weighted by Gasteiger charge is 2.13. The molecule has 2 N–H and O–H groups in total. The first-order valence-corrected chi connectivity index (χ1v) is 8.61. The molecule has 1 atom stereocenters. The summed E-state index contributed by atoms with van der Waals surface area (Å²) in [6.07, 6.45) is 1.63. The van der Waals surface area contributed by atoms with Gasteiger partial charge in [0.15, 0.2) is 5.96 Å². The number of rotatable bonds is 6. The van der Waals surface area contributed by atoms with E-state index in [1.807, 2.05) is 24.7 Å². The summed E-state index contributed by atoms with van der Waals surface area (Å²) < 4.78 is 15.1. The number of aromatic nitrogens is 2. The minimum atomic E-state index is -0.198. The lowest BCUT2D eigenvalue weighted by Crippen LogP contribution is -2.43. The highest BCUT2D eigenvalue weighted by Crippen LogP contribution is 2.14. The Balaban J connectivity index is 1.84. The van der Waals surface area contributed by atoms with Gasteiger partial charge in [-0.2, -0.15) is 5.10 Å². The lowest BCUT2D eigenvalue weighted by atomic mass is 10.1. The van der Waals surface area contributed by atoms with Crippen molar-refractivity contribution in [1.82, 2.24) is 20.4 Å². The maximum Gasteiger partial charge on any atom is 0.191 e. The number of hydrogen-bond donors (Lipinski definition) is 2. The molecule has 2 aromatic rings. The fraction of sp³-hybridized carbons (Fsp3) is 0.474. The molecule has 0 aliphatic carbocycles. The molecule has 5 nitrogen and oxygen atoms in total. The van der Waals surface area contributed by atoms with Crippen LogP contribution < -0.4 is 10.6 Å². The fourth-order valence-corrected chi connectivity index (χ4v) is 2.92. The van der Waals surface area contributed by atoms with Crippen molar-refractivity contribution >= 4 is 5.96 Å². The maximum absolute atomic E-state index is 13.2. The Morgan fingerprint density at radius 3 is 2.72 bits per heavy atom. The van der Waals surface area contributed by atoms with Crippen molar-refractivity contribution in [2.24, 2.45) is 12.0 Å². The molecule has 0 saturated heterocycles. The number of nitrogens with one attached hydrogen (secondary N) is 2. The van der Waals surface area contributed by atoms with Crippen LogP contribution in [0.3, 0.4) is 0 Å². The minimum absolute atomic E-state index is 0.198. The number of aliphatic imine (C=N–C) groups is 1. The molecule has 0 amide bonds. The van der Waals surface area contributed by atoms with Crippen LogP contribution in [0.25, 0.3) is 0 Å². The van der Waals surface area contributed by atoms with Gasteiger partial charge in [0.1, 0.15) is 5.82 Å². The van der Waals surface area contributed by atoms with Gasteiger partial charge in [-0.1, -0.05) is 12.1 Å². The van der Waals surface area contributed by atoms with E-state index in [1.165, 1.54) is 17.3 Å². The molecule has 1 heterocycles. The van der Waals surface area contributed by atoms with Crippen LogP contribution in [0.1, 0.15) is 29.4 Å². The molecule has 0 bridgehead atoms. The standard InChI is InChI=1S/C19H28FN5/c1-13(11-18-14(2)24-25(5)15(18)3)23-19(21-4)22-10-9-16-7-6-8-17(20)12-16/h6-8,12-13H,9-11H2,1-5H3,(H2,21,22,23). The molecule has 6 heteroatoms. The van der Waals surface area contributed by atoms with Gasteiger partial charge < -0.3 is 10.6 Å². The second-order valence-corrected chi connectivity index (χ2v) is 6.40. The van der Waals surface area contributed by atoms with Crippen molar-refractivity contribution in [2.75, 3.05) is 13.6 Å².